The minimum atomic E-state index is -0.363. The first-order chi connectivity index (χ1) is 12.5. The van der Waals surface area contributed by atoms with Crippen molar-refractivity contribution in [3.63, 3.8) is 0 Å². The average Bonchev–Trinajstić information content (AvgIpc) is 2.54. The summed E-state index contributed by atoms with van der Waals surface area (Å²) < 4.78 is 13.2. The normalized spacial score (nSPS) is 11.2. The van der Waals surface area contributed by atoms with Crippen LogP contribution in [0.15, 0.2) is 42.5 Å². The minimum absolute atomic E-state index is 0.182. The van der Waals surface area contributed by atoms with Crippen LogP contribution in [0.5, 0.6) is 0 Å². The highest BCUT2D eigenvalue weighted by molar-refractivity contribution is 5.75. The molecule has 0 fully saturated rings. The molecule has 5 nitrogen and oxygen atoms in total. The van der Waals surface area contributed by atoms with Crippen LogP contribution in [0, 0.1) is 5.82 Å². The molecule has 0 unspecified atom stereocenters. The number of urea groups is 1. The first-order valence-electron chi connectivity index (χ1n) is 8.92. The maximum Gasteiger partial charge on any atom is 0.318 e. The smallest absolute Gasteiger partial charge is 0.318 e. The van der Waals surface area contributed by atoms with Gasteiger partial charge in [0, 0.05) is 44.1 Å². The molecule has 0 atom stereocenters. The molecule has 6 heteroatoms. The van der Waals surface area contributed by atoms with Gasteiger partial charge in [-0.15, -0.1) is 0 Å². The fourth-order valence-electron chi connectivity index (χ4n) is 2.78. The van der Waals surface area contributed by atoms with Gasteiger partial charge in [-0.1, -0.05) is 12.1 Å². The van der Waals surface area contributed by atoms with E-state index < -0.39 is 0 Å². The van der Waals surface area contributed by atoms with E-state index in [-0.39, 0.29) is 17.4 Å². The maximum atomic E-state index is 13.2. The van der Waals surface area contributed by atoms with Crippen LogP contribution in [0.25, 0.3) is 0 Å². The van der Waals surface area contributed by atoms with Crippen LogP contribution >= 0.6 is 0 Å². The third kappa shape index (κ3) is 6.16. The van der Waals surface area contributed by atoms with Gasteiger partial charge >= 0.3 is 6.03 Å². The highest BCUT2D eigenvalue weighted by Gasteiger charge is 2.21. The lowest BCUT2D eigenvalue weighted by molar-refractivity contribution is 0.183. The summed E-state index contributed by atoms with van der Waals surface area (Å²) in [5.41, 5.74) is 9.06. The highest BCUT2D eigenvalue weighted by atomic mass is 19.1. The number of anilines is 2. The van der Waals surface area contributed by atoms with Crippen LogP contribution in [0.1, 0.15) is 31.9 Å². The predicted octanol–water partition coefficient (Wildman–Crippen LogP) is 3.98. The van der Waals surface area contributed by atoms with E-state index in [1.165, 1.54) is 12.1 Å². The molecule has 2 rings (SSSR count). The second kappa shape index (κ2) is 8.29. The van der Waals surface area contributed by atoms with Gasteiger partial charge in [-0.2, -0.15) is 0 Å². The summed E-state index contributed by atoms with van der Waals surface area (Å²) in [5, 5.41) is 3.00. The zero-order valence-electron chi connectivity index (χ0n) is 16.7. The van der Waals surface area contributed by atoms with Crippen LogP contribution in [0.4, 0.5) is 20.6 Å². The number of carbonyl (C=O) groups excluding carboxylic acids is 1. The SMILES string of the molecule is CN(C)c1ccc(N)cc1CN(Cc1ccc(F)cc1)C(=O)NC(C)(C)C. The molecule has 0 saturated carbocycles. The lowest BCUT2D eigenvalue weighted by Gasteiger charge is -2.30. The van der Waals surface area contributed by atoms with Gasteiger partial charge in [0.15, 0.2) is 0 Å². The van der Waals surface area contributed by atoms with E-state index >= 15 is 0 Å². The monoisotopic (exact) mass is 372 g/mol. The van der Waals surface area contributed by atoms with Gasteiger partial charge in [0.1, 0.15) is 5.82 Å². The van der Waals surface area contributed by atoms with E-state index in [0.717, 1.165) is 16.8 Å². The van der Waals surface area contributed by atoms with E-state index in [1.54, 1.807) is 17.0 Å². The van der Waals surface area contributed by atoms with E-state index in [1.807, 2.05) is 58.0 Å². The predicted molar refractivity (Wildman–Crippen MR) is 109 cm³/mol. The van der Waals surface area contributed by atoms with Crippen LogP contribution in [-0.4, -0.2) is 30.6 Å². The number of amides is 2. The van der Waals surface area contributed by atoms with Gasteiger partial charge in [-0.3, -0.25) is 0 Å². The number of benzene rings is 2. The average molecular weight is 372 g/mol. The van der Waals surface area contributed by atoms with Crippen LogP contribution in [-0.2, 0) is 13.1 Å². The Morgan fingerprint density at radius 3 is 2.26 bits per heavy atom. The number of nitrogens with one attached hydrogen (secondary N) is 1. The molecule has 2 aromatic rings. The van der Waals surface area contributed by atoms with E-state index in [0.29, 0.717) is 18.8 Å². The standard InChI is InChI=1S/C21H29FN4O/c1-21(2,3)24-20(27)26(13-15-6-8-17(22)9-7-15)14-16-12-18(23)10-11-19(16)25(4)5/h6-12H,13-14,23H2,1-5H3,(H,24,27). The second-order valence-corrected chi connectivity index (χ2v) is 7.95. The molecule has 146 valence electrons. The molecule has 0 aliphatic carbocycles. The van der Waals surface area contributed by atoms with Crippen molar-refractivity contribution in [3.05, 3.63) is 59.4 Å². The summed E-state index contributed by atoms with van der Waals surface area (Å²) in [6, 6.07) is 11.7. The molecule has 0 spiro atoms. The molecule has 0 saturated heterocycles. The van der Waals surface area contributed by atoms with E-state index in [4.69, 9.17) is 5.73 Å². The fourth-order valence-corrected chi connectivity index (χ4v) is 2.78. The molecular weight excluding hydrogens is 343 g/mol. The van der Waals surface area contributed by atoms with Crippen molar-refractivity contribution >= 4 is 17.4 Å². The largest absolute Gasteiger partial charge is 0.399 e. The first kappa shape index (κ1) is 20.6. The van der Waals surface area contributed by atoms with Crippen LogP contribution in [0.3, 0.4) is 0 Å². The number of hydrogen-bond donors (Lipinski definition) is 2. The Kier molecular flexibility index (Phi) is 6.31. The molecule has 0 bridgehead atoms. The summed E-state index contributed by atoms with van der Waals surface area (Å²) in [6.45, 7) is 6.56. The molecule has 0 radical (unpaired) electrons. The Bertz CT molecular complexity index is 782. The third-order valence-electron chi connectivity index (χ3n) is 4.00. The molecule has 2 amide bonds. The van der Waals surface area contributed by atoms with Gasteiger partial charge in [-0.25, -0.2) is 9.18 Å². The summed E-state index contributed by atoms with van der Waals surface area (Å²) >= 11 is 0. The summed E-state index contributed by atoms with van der Waals surface area (Å²) in [5.74, 6) is -0.296. The topological polar surface area (TPSA) is 61.6 Å². The van der Waals surface area contributed by atoms with Gasteiger partial charge in [0.2, 0.25) is 0 Å². The third-order valence-corrected chi connectivity index (χ3v) is 4.00. The lowest BCUT2D eigenvalue weighted by atomic mass is 10.1. The molecule has 3 N–H and O–H groups in total. The Labute approximate surface area is 161 Å². The maximum absolute atomic E-state index is 13.2. The molecule has 27 heavy (non-hydrogen) atoms. The molecular formula is C21H29FN4O. The Morgan fingerprint density at radius 1 is 1.07 bits per heavy atom. The number of nitrogen functional groups attached to an aromatic ring is 1. The fraction of sp³-hybridized carbons (Fsp3) is 0.381. The number of rotatable bonds is 5. The Hall–Kier alpha value is -2.76. The van der Waals surface area contributed by atoms with E-state index in [2.05, 4.69) is 5.32 Å². The lowest BCUT2D eigenvalue weighted by Crippen LogP contribution is -2.48. The van der Waals surface area contributed by atoms with Crippen molar-refractivity contribution in [2.45, 2.75) is 39.4 Å². The minimum Gasteiger partial charge on any atom is -0.399 e. The van der Waals surface area contributed by atoms with E-state index in [9.17, 15) is 9.18 Å². The molecule has 0 heterocycles. The Balaban J connectivity index is 2.33. The Morgan fingerprint density at radius 2 is 1.70 bits per heavy atom. The van der Waals surface area contributed by atoms with Crippen molar-refractivity contribution in [3.8, 4) is 0 Å². The molecule has 0 aromatic heterocycles. The number of halogens is 1. The summed E-state index contributed by atoms with van der Waals surface area (Å²) in [6.07, 6.45) is 0. The number of carbonyl (C=O) groups is 1. The molecule has 2 aromatic carbocycles. The zero-order chi connectivity index (χ0) is 20.2. The second-order valence-electron chi connectivity index (χ2n) is 7.95. The van der Waals surface area contributed by atoms with Crippen molar-refractivity contribution in [1.29, 1.82) is 0 Å². The van der Waals surface area contributed by atoms with Gasteiger partial charge in [-0.05, 0) is 62.2 Å². The molecule has 0 aliphatic heterocycles. The number of nitrogens with two attached hydrogens (primary N) is 1. The zero-order valence-corrected chi connectivity index (χ0v) is 16.7. The van der Waals surface area contributed by atoms with Crippen LogP contribution in [0.2, 0.25) is 0 Å². The number of hydrogen-bond acceptors (Lipinski definition) is 3. The van der Waals surface area contributed by atoms with Crippen molar-refractivity contribution in [2.75, 3.05) is 24.7 Å². The quantitative estimate of drug-likeness (QED) is 0.781. The van der Waals surface area contributed by atoms with Gasteiger partial charge < -0.3 is 20.9 Å². The van der Waals surface area contributed by atoms with Crippen molar-refractivity contribution in [1.82, 2.24) is 10.2 Å². The van der Waals surface area contributed by atoms with Crippen molar-refractivity contribution < 1.29 is 9.18 Å². The number of nitrogens with zero attached hydrogens (tertiary/aromatic N) is 2. The van der Waals surface area contributed by atoms with Gasteiger partial charge in [0.05, 0.1) is 0 Å². The summed E-state index contributed by atoms with van der Waals surface area (Å²) in [7, 11) is 3.91. The van der Waals surface area contributed by atoms with Crippen molar-refractivity contribution in [2.24, 2.45) is 0 Å². The first-order valence-corrected chi connectivity index (χ1v) is 8.92. The molecule has 0 aliphatic rings. The summed E-state index contributed by atoms with van der Waals surface area (Å²) in [4.78, 5) is 16.6. The van der Waals surface area contributed by atoms with Crippen LogP contribution < -0.4 is 16.0 Å². The highest BCUT2D eigenvalue weighted by Crippen LogP contribution is 2.24. The van der Waals surface area contributed by atoms with Gasteiger partial charge in [0.25, 0.3) is 0 Å².